The highest BCUT2D eigenvalue weighted by atomic mass is 79.9. The summed E-state index contributed by atoms with van der Waals surface area (Å²) in [5.74, 6) is 0. The molecule has 4 rings (SSSR count). The Kier molecular flexibility index (Phi) is 5.29. The molecule has 1 atom stereocenters. The first-order chi connectivity index (χ1) is 13.8. The van der Waals surface area contributed by atoms with Crippen LogP contribution in [-0.4, -0.2) is 12.4 Å². The molecule has 2 N–H and O–H groups in total. The van der Waals surface area contributed by atoms with Crippen LogP contribution in [0.2, 0.25) is 5.02 Å². The van der Waals surface area contributed by atoms with E-state index in [0.29, 0.717) is 26.3 Å². The predicted octanol–water partition coefficient (Wildman–Crippen LogP) is 5.65. The minimum atomic E-state index is -3.89. The van der Waals surface area contributed by atoms with Gasteiger partial charge in [-0.25, -0.2) is 12.4 Å². The molecule has 0 saturated heterocycles. The van der Waals surface area contributed by atoms with Crippen LogP contribution < -0.4 is 5.73 Å². The summed E-state index contributed by atoms with van der Waals surface area (Å²) in [5.41, 5.74) is 9.18. The molecule has 0 spiro atoms. The van der Waals surface area contributed by atoms with E-state index in [0.717, 1.165) is 10.9 Å². The highest BCUT2D eigenvalue weighted by molar-refractivity contribution is 9.10. The molecule has 0 aliphatic heterocycles. The Bertz CT molecular complexity index is 1310. The van der Waals surface area contributed by atoms with Crippen LogP contribution in [0.3, 0.4) is 0 Å². The zero-order valence-corrected chi connectivity index (χ0v) is 18.7. The number of nitrogens with two attached hydrogens (primary N) is 1. The first kappa shape index (κ1) is 20.2. The van der Waals surface area contributed by atoms with Crippen molar-refractivity contribution in [2.75, 3.05) is 0 Å². The van der Waals surface area contributed by atoms with Crippen LogP contribution in [0.15, 0.2) is 82.2 Å². The van der Waals surface area contributed by atoms with Crippen LogP contribution >= 0.6 is 27.5 Å². The molecule has 1 unspecified atom stereocenters. The maximum Gasteiger partial charge on any atom is 0.268 e. The van der Waals surface area contributed by atoms with Crippen LogP contribution in [-0.2, 0) is 10.0 Å². The number of hydrogen-bond acceptors (Lipinski definition) is 3. The van der Waals surface area contributed by atoms with E-state index in [1.807, 2.05) is 43.3 Å². The van der Waals surface area contributed by atoms with Crippen molar-refractivity contribution >= 4 is 48.5 Å². The molecular formula is C22H18BrClN2O2S. The van der Waals surface area contributed by atoms with Crippen LogP contribution in [0.1, 0.15) is 22.9 Å². The second kappa shape index (κ2) is 7.61. The van der Waals surface area contributed by atoms with Crippen LogP contribution in [0, 0.1) is 6.92 Å². The van der Waals surface area contributed by atoms with Gasteiger partial charge >= 0.3 is 0 Å². The van der Waals surface area contributed by atoms with Crippen molar-refractivity contribution in [2.45, 2.75) is 17.9 Å². The van der Waals surface area contributed by atoms with Gasteiger partial charge in [0.15, 0.2) is 0 Å². The van der Waals surface area contributed by atoms with E-state index in [-0.39, 0.29) is 4.90 Å². The Morgan fingerprint density at radius 3 is 2.38 bits per heavy atom. The van der Waals surface area contributed by atoms with E-state index in [4.69, 9.17) is 17.3 Å². The van der Waals surface area contributed by atoms with Crippen LogP contribution in [0.4, 0.5) is 0 Å². The molecule has 29 heavy (non-hydrogen) atoms. The van der Waals surface area contributed by atoms with E-state index >= 15 is 0 Å². The second-order valence-electron chi connectivity index (χ2n) is 6.83. The van der Waals surface area contributed by atoms with Gasteiger partial charge in [-0.15, -0.1) is 0 Å². The summed E-state index contributed by atoms with van der Waals surface area (Å²) in [7, 11) is -3.89. The maximum atomic E-state index is 13.7. The molecule has 0 amide bonds. The first-order valence-corrected chi connectivity index (χ1v) is 11.5. The number of halogens is 2. The fourth-order valence-corrected chi connectivity index (χ4v) is 5.90. The molecule has 1 aromatic heterocycles. The number of aromatic nitrogens is 1. The molecule has 4 aromatic rings. The van der Waals surface area contributed by atoms with Gasteiger partial charge in [-0.3, -0.25) is 0 Å². The van der Waals surface area contributed by atoms with Gasteiger partial charge in [0.25, 0.3) is 10.0 Å². The van der Waals surface area contributed by atoms with E-state index in [9.17, 15) is 8.42 Å². The van der Waals surface area contributed by atoms with Crippen molar-refractivity contribution in [2.24, 2.45) is 5.73 Å². The number of fused-ring (bicyclic) bond motifs is 1. The zero-order valence-electron chi connectivity index (χ0n) is 15.5. The van der Waals surface area contributed by atoms with E-state index < -0.39 is 16.1 Å². The van der Waals surface area contributed by atoms with Gasteiger partial charge in [-0.05, 0) is 58.7 Å². The van der Waals surface area contributed by atoms with Gasteiger partial charge in [0, 0.05) is 14.9 Å². The third-order valence-electron chi connectivity index (χ3n) is 4.88. The summed E-state index contributed by atoms with van der Waals surface area (Å²) < 4.78 is 29.3. The lowest BCUT2D eigenvalue weighted by molar-refractivity contribution is 0.585. The van der Waals surface area contributed by atoms with Gasteiger partial charge in [0.1, 0.15) is 0 Å². The second-order valence-corrected chi connectivity index (χ2v) is 9.88. The molecule has 1 heterocycles. The largest absolute Gasteiger partial charge is 0.319 e. The summed E-state index contributed by atoms with van der Waals surface area (Å²) in [6.45, 7) is 1.91. The molecule has 0 bridgehead atoms. The third kappa shape index (κ3) is 3.51. The zero-order chi connectivity index (χ0) is 20.8. The fourth-order valence-electron chi connectivity index (χ4n) is 3.39. The van der Waals surface area contributed by atoms with Crippen molar-refractivity contribution in [1.82, 2.24) is 3.97 Å². The maximum absolute atomic E-state index is 13.7. The standard InChI is InChI=1S/C22H18BrClN2O2S/c1-14-9-11-16(12-10-14)29(27,28)26-20(13-15-5-4-7-18(23)22(15)26)21(25)17-6-2-3-8-19(17)24/h2-13,21H,25H2,1H3. The summed E-state index contributed by atoms with van der Waals surface area (Å²) in [6, 6.07) is 20.6. The molecule has 0 saturated carbocycles. The van der Waals surface area contributed by atoms with E-state index in [1.54, 1.807) is 36.4 Å². The molecule has 0 fully saturated rings. The predicted molar refractivity (Wildman–Crippen MR) is 121 cm³/mol. The number of aryl methyl sites for hydroxylation is 1. The number of hydrogen-bond donors (Lipinski definition) is 1. The Morgan fingerprint density at radius 1 is 1.00 bits per heavy atom. The average molecular weight is 490 g/mol. The SMILES string of the molecule is Cc1ccc(S(=O)(=O)n2c(C(N)c3ccccc3Cl)cc3cccc(Br)c32)cc1. The van der Waals surface area contributed by atoms with Gasteiger partial charge in [-0.2, -0.15) is 0 Å². The third-order valence-corrected chi connectivity index (χ3v) is 7.60. The minimum absolute atomic E-state index is 0.198. The lowest BCUT2D eigenvalue weighted by Crippen LogP contribution is -2.22. The highest BCUT2D eigenvalue weighted by Gasteiger charge is 2.28. The summed E-state index contributed by atoms with van der Waals surface area (Å²) in [5, 5.41) is 1.26. The van der Waals surface area contributed by atoms with Crippen molar-refractivity contribution in [3.05, 3.63) is 99.1 Å². The summed E-state index contributed by atoms with van der Waals surface area (Å²) in [4.78, 5) is 0.198. The summed E-state index contributed by atoms with van der Waals surface area (Å²) in [6.07, 6.45) is 0. The minimum Gasteiger partial charge on any atom is -0.319 e. The fraction of sp³-hybridized carbons (Fsp3) is 0.0909. The first-order valence-electron chi connectivity index (χ1n) is 8.93. The normalized spacial score (nSPS) is 13.0. The monoisotopic (exact) mass is 488 g/mol. The van der Waals surface area contributed by atoms with E-state index in [1.165, 1.54) is 3.97 Å². The number of rotatable bonds is 4. The molecule has 0 radical (unpaired) electrons. The van der Waals surface area contributed by atoms with Gasteiger partial charge in [0.2, 0.25) is 0 Å². The van der Waals surface area contributed by atoms with Crippen molar-refractivity contribution in [1.29, 1.82) is 0 Å². The molecule has 148 valence electrons. The van der Waals surface area contributed by atoms with Crippen LogP contribution in [0.5, 0.6) is 0 Å². The number of para-hydroxylation sites is 1. The topological polar surface area (TPSA) is 65.1 Å². The molecular weight excluding hydrogens is 472 g/mol. The highest BCUT2D eigenvalue weighted by Crippen LogP contribution is 2.36. The lowest BCUT2D eigenvalue weighted by atomic mass is 10.0. The quantitative estimate of drug-likeness (QED) is 0.403. The lowest BCUT2D eigenvalue weighted by Gasteiger charge is -2.18. The molecule has 0 aliphatic carbocycles. The van der Waals surface area contributed by atoms with Gasteiger partial charge in [-0.1, -0.05) is 59.6 Å². The van der Waals surface area contributed by atoms with E-state index in [2.05, 4.69) is 15.9 Å². The van der Waals surface area contributed by atoms with Crippen molar-refractivity contribution in [3.63, 3.8) is 0 Å². The smallest absolute Gasteiger partial charge is 0.268 e. The molecule has 7 heteroatoms. The number of benzene rings is 3. The van der Waals surface area contributed by atoms with Crippen molar-refractivity contribution < 1.29 is 8.42 Å². The molecule has 3 aromatic carbocycles. The average Bonchev–Trinajstić information content (AvgIpc) is 3.10. The summed E-state index contributed by atoms with van der Waals surface area (Å²) >= 11 is 9.86. The van der Waals surface area contributed by atoms with Gasteiger partial charge < -0.3 is 5.73 Å². The molecule has 0 aliphatic rings. The number of nitrogens with zero attached hydrogens (tertiary/aromatic N) is 1. The van der Waals surface area contributed by atoms with Crippen LogP contribution in [0.25, 0.3) is 10.9 Å². The Balaban J connectivity index is 2.03. The molecule has 4 nitrogen and oxygen atoms in total. The Morgan fingerprint density at radius 2 is 1.69 bits per heavy atom. The van der Waals surface area contributed by atoms with Gasteiger partial charge in [0.05, 0.1) is 22.1 Å². The Hall–Kier alpha value is -2.12. The van der Waals surface area contributed by atoms with Crippen molar-refractivity contribution in [3.8, 4) is 0 Å². The Labute approximate surface area is 183 Å².